The molecule has 6 aliphatic rings. The van der Waals surface area contributed by atoms with Gasteiger partial charge in [-0.25, -0.2) is 9.97 Å². The van der Waals surface area contributed by atoms with Crippen LogP contribution in [0.3, 0.4) is 0 Å². The molecule has 1 atom stereocenters. The van der Waals surface area contributed by atoms with Crippen LogP contribution in [0.5, 0.6) is 0 Å². The minimum absolute atomic E-state index is 0.00396. The molecule has 1 aromatic rings. The Kier molecular flexibility index (Phi) is 27.7. The summed E-state index contributed by atoms with van der Waals surface area (Å²) in [6.07, 6.45) is 13.7. The molecule has 0 aromatic carbocycles. The van der Waals surface area contributed by atoms with Crippen molar-refractivity contribution in [2.45, 2.75) is 295 Å². The zero-order chi connectivity index (χ0) is 60.1. The second kappa shape index (κ2) is 30.2. The van der Waals surface area contributed by atoms with E-state index in [1.807, 2.05) is 32.0 Å². The summed E-state index contributed by atoms with van der Waals surface area (Å²) in [4.78, 5) is 50.9. The van der Waals surface area contributed by atoms with Crippen molar-refractivity contribution in [1.29, 1.82) is 0 Å². The van der Waals surface area contributed by atoms with Crippen molar-refractivity contribution in [1.82, 2.24) is 49.2 Å². The number of hydrogen-bond donors (Lipinski definition) is 0. The first kappa shape index (κ1) is 71.6. The number of amides is 1. The van der Waals surface area contributed by atoms with Gasteiger partial charge in [0.05, 0.1) is 11.2 Å². The first-order valence-electron chi connectivity index (χ1n) is 31.2. The number of likely N-dealkylation sites (tertiary alicyclic amines) is 3. The maximum atomic E-state index is 11.7. The van der Waals surface area contributed by atoms with Gasteiger partial charge < -0.3 is 14.7 Å². The molecule has 454 valence electrons. The number of carbonyl (C=O) groups excluding carboxylic acids is 2. The maximum Gasteiger partial charge on any atom is 0.224 e. The molecule has 1 aromatic heterocycles. The lowest BCUT2D eigenvalue weighted by Crippen LogP contribution is -2.56. The highest BCUT2D eigenvalue weighted by Gasteiger charge is 2.40. The van der Waals surface area contributed by atoms with Crippen molar-refractivity contribution in [3.63, 3.8) is 0 Å². The molecule has 6 aliphatic heterocycles. The van der Waals surface area contributed by atoms with Crippen LogP contribution in [0.1, 0.15) is 236 Å². The van der Waals surface area contributed by atoms with E-state index in [1.54, 1.807) is 6.33 Å². The highest BCUT2D eigenvalue weighted by Crippen LogP contribution is 2.36. The molecule has 0 aliphatic carbocycles. The summed E-state index contributed by atoms with van der Waals surface area (Å²) in [5.74, 6) is 1.57. The molecule has 1 amide bonds. The van der Waals surface area contributed by atoms with Gasteiger partial charge in [0, 0.05) is 148 Å². The monoisotopic (exact) mass is 1090 g/mol. The van der Waals surface area contributed by atoms with Gasteiger partial charge in [-0.3, -0.25) is 34.1 Å². The van der Waals surface area contributed by atoms with Gasteiger partial charge in [0.25, 0.3) is 0 Å². The van der Waals surface area contributed by atoms with Gasteiger partial charge in [-0.2, -0.15) is 0 Å². The summed E-state index contributed by atoms with van der Waals surface area (Å²) < 4.78 is 0. The summed E-state index contributed by atoms with van der Waals surface area (Å²) >= 11 is 0. The molecule has 5 fully saturated rings. The smallest absolute Gasteiger partial charge is 0.224 e. The van der Waals surface area contributed by atoms with Gasteiger partial charge in [-0.05, 0) is 222 Å². The summed E-state index contributed by atoms with van der Waals surface area (Å²) in [6, 6.07) is 3.59. The second-order valence-electron chi connectivity index (χ2n) is 29.7. The summed E-state index contributed by atoms with van der Waals surface area (Å²) in [5.41, 5.74) is 4.82. The topological polar surface area (TPSA) is 85.8 Å². The Hall–Kier alpha value is -2.48. The molecule has 12 heteroatoms. The van der Waals surface area contributed by atoms with Crippen LogP contribution in [0.25, 0.3) is 0 Å². The molecule has 0 bridgehead atoms. The summed E-state index contributed by atoms with van der Waals surface area (Å²) in [5, 5.41) is 0. The van der Waals surface area contributed by atoms with Gasteiger partial charge in [0.15, 0.2) is 5.78 Å². The summed E-state index contributed by atoms with van der Waals surface area (Å²) in [6.45, 7) is 70.5. The van der Waals surface area contributed by atoms with Crippen molar-refractivity contribution < 1.29 is 9.59 Å². The van der Waals surface area contributed by atoms with Gasteiger partial charge in [-0.1, -0.05) is 27.4 Å². The quantitative estimate of drug-likeness (QED) is 0.273. The fraction of sp³-hybridized carbons (Fsp3) is 0.879. The zero-order valence-corrected chi connectivity index (χ0v) is 56.4. The molecule has 0 spiro atoms. The lowest BCUT2D eigenvalue weighted by Gasteiger charge is -2.47. The molecule has 7 rings (SSSR count). The Labute approximate surface area is 483 Å². The highest BCUT2D eigenvalue weighted by molar-refractivity contribution is 5.88. The maximum absolute atomic E-state index is 11.7. The lowest BCUT2D eigenvalue weighted by molar-refractivity contribution is -0.134. The average Bonchev–Trinajstić information content (AvgIpc) is 3.47. The zero-order valence-electron chi connectivity index (χ0n) is 56.4. The predicted molar refractivity (Wildman–Crippen MR) is 335 cm³/mol. The van der Waals surface area contributed by atoms with E-state index in [-0.39, 0.29) is 28.1 Å². The standard InChI is InChI=1S/C12H19N3.C12H24N2.C11H22N2O.C11H23N.C10H19NO.C10H21N/c1-9(2)15-6-5-11-10(12(15,3)4)7-13-8-14-11;1-10(2)14-8-7-11(3)13(6)9-12(14,4)5;1-9(2)13-7-6-12(5)10(14)8-11(13,3)4;1-9(2)12-7-6-10(3)8-11(12,4)5;1-8(2)11-7-5-6-9(12)10(11,3)4;1-9(2)11-7-5-6-10(3,4)8-11/h7-9H,5-6H2,1-4H3;10H,3,7-9H2,1-2,4-6H3;9H,6-8H2,1-5H3;9-10H,6-8H2,1-5H3;8H,5-7H2,1-4H3;9H,5-8H2,1-4H3. The van der Waals surface area contributed by atoms with Gasteiger partial charge in [0.2, 0.25) is 5.91 Å². The molecule has 0 radical (unpaired) electrons. The molecular weight excluding hydrogens is 965 g/mol. The Bertz CT molecular complexity index is 1960. The van der Waals surface area contributed by atoms with E-state index >= 15 is 0 Å². The van der Waals surface area contributed by atoms with Crippen LogP contribution < -0.4 is 0 Å². The third-order valence-electron chi connectivity index (χ3n) is 18.3. The Morgan fingerprint density at radius 2 is 1.05 bits per heavy atom. The van der Waals surface area contributed by atoms with Crippen LogP contribution >= 0.6 is 0 Å². The number of aromatic nitrogens is 2. The minimum atomic E-state index is -0.230. The third kappa shape index (κ3) is 21.1. The van der Waals surface area contributed by atoms with E-state index in [0.29, 0.717) is 53.4 Å². The van der Waals surface area contributed by atoms with Crippen molar-refractivity contribution in [3.8, 4) is 0 Å². The lowest BCUT2D eigenvalue weighted by atomic mass is 9.83. The first-order valence-corrected chi connectivity index (χ1v) is 31.2. The van der Waals surface area contributed by atoms with E-state index in [0.717, 1.165) is 76.9 Å². The molecule has 78 heavy (non-hydrogen) atoms. The number of hydrogen-bond acceptors (Lipinski definition) is 11. The number of carbonyl (C=O) groups is 2. The molecular formula is C66H128N10O2. The Balaban J connectivity index is 0.000000321. The Morgan fingerprint density at radius 3 is 1.54 bits per heavy atom. The van der Waals surface area contributed by atoms with E-state index < -0.39 is 0 Å². The largest absolute Gasteiger partial charge is 0.376 e. The van der Waals surface area contributed by atoms with E-state index in [9.17, 15) is 9.59 Å². The van der Waals surface area contributed by atoms with E-state index in [1.165, 1.54) is 62.3 Å². The normalized spacial score (nSPS) is 24.8. The number of ketones is 1. The fourth-order valence-corrected chi connectivity index (χ4v) is 14.0. The number of rotatable bonds is 6. The SMILES string of the molecule is C=C1CCN(C(C)C)C(C)(C)CN1C.CC(C)N1CCCC(=O)C1(C)C.CC(C)N1CCCC(C)(C)C1.CC(C)N1CCN(C)C(=O)CC1(C)C.CC(C)N1CCc2ncncc2C1(C)C.CC1CCN(C(C)C)C(C)(C)C1. The number of nitrogens with zero attached hydrogens (tertiary/aromatic N) is 10. The second-order valence-corrected chi connectivity index (χ2v) is 29.7. The number of likely N-dealkylation sites (N-methyl/N-ethyl adjacent to an activating group) is 2. The highest BCUT2D eigenvalue weighted by atomic mass is 16.2. The molecule has 5 saturated heterocycles. The van der Waals surface area contributed by atoms with Gasteiger partial charge in [0.1, 0.15) is 6.33 Å². The van der Waals surface area contributed by atoms with Crippen LogP contribution in [-0.4, -0.2) is 192 Å². The minimum Gasteiger partial charge on any atom is -0.376 e. The van der Waals surface area contributed by atoms with Crippen molar-refractivity contribution in [2.24, 2.45) is 11.3 Å². The third-order valence-corrected chi connectivity index (χ3v) is 18.3. The van der Waals surface area contributed by atoms with Crippen LogP contribution in [0.15, 0.2) is 24.8 Å². The van der Waals surface area contributed by atoms with Crippen molar-refractivity contribution >= 4 is 11.7 Å². The number of Topliss-reactive ketones (excluding diaryl/α,β-unsaturated/α-hetero) is 1. The molecule has 7 heterocycles. The molecule has 1 unspecified atom stereocenters. The first-order chi connectivity index (χ1) is 35.6. The van der Waals surface area contributed by atoms with Crippen LogP contribution in [0.4, 0.5) is 0 Å². The van der Waals surface area contributed by atoms with Crippen molar-refractivity contribution in [3.05, 3.63) is 36.1 Å². The predicted octanol–water partition coefficient (Wildman–Crippen LogP) is 12.9. The van der Waals surface area contributed by atoms with Crippen molar-refractivity contribution in [2.75, 3.05) is 73.0 Å². The van der Waals surface area contributed by atoms with E-state index in [4.69, 9.17) is 0 Å². The fourth-order valence-electron chi connectivity index (χ4n) is 14.0. The molecule has 12 nitrogen and oxygen atoms in total. The number of fused-ring (bicyclic) bond motifs is 1. The van der Waals surface area contributed by atoms with Crippen LogP contribution in [0.2, 0.25) is 0 Å². The van der Waals surface area contributed by atoms with Crippen LogP contribution in [0, 0.1) is 11.3 Å². The molecule has 0 N–H and O–H groups in total. The van der Waals surface area contributed by atoms with Gasteiger partial charge in [-0.15, -0.1) is 0 Å². The Morgan fingerprint density at radius 1 is 0.538 bits per heavy atom. The number of piperidine rings is 3. The summed E-state index contributed by atoms with van der Waals surface area (Å²) in [7, 11) is 4.04. The van der Waals surface area contributed by atoms with E-state index in [2.05, 4.69) is 217 Å². The average molecular weight is 1090 g/mol. The van der Waals surface area contributed by atoms with Gasteiger partial charge >= 0.3 is 0 Å². The van der Waals surface area contributed by atoms with Crippen LogP contribution in [-0.2, 0) is 21.5 Å². The molecule has 0 saturated carbocycles.